The average molecular weight is 412 g/mol. The molecule has 0 fully saturated rings. The lowest BCUT2D eigenvalue weighted by Gasteiger charge is -2.11. The molecule has 0 saturated carbocycles. The van der Waals surface area contributed by atoms with E-state index in [0.717, 1.165) is 11.8 Å². The summed E-state index contributed by atoms with van der Waals surface area (Å²) in [5.74, 6) is 1.50. The first-order valence-electron chi connectivity index (χ1n) is 8.68. The van der Waals surface area contributed by atoms with Crippen LogP contribution in [-0.2, 0) is 0 Å². The van der Waals surface area contributed by atoms with Crippen LogP contribution in [0.25, 0.3) is 5.69 Å². The smallest absolute Gasteiger partial charge is 0.287 e. The van der Waals surface area contributed by atoms with Crippen LogP contribution < -0.4 is 19.8 Å². The molecule has 0 spiro atoms. The van der Waals surface area contributed by atoms with Crippen molar-refractivity contribution in [2.75, 3.05) is 27.1 Å². The van der Waals surface area contributed by atoms with Crippen LogP contribution in [0.2, 0.25) is 0 Å². The minimum absolute atomic E-state index is 0.0632. The molecule has 150 valence electrons. The van der Waals surface area contributed by atoms with Crippen molar-refractivity contribution in [2.24, 2.45) is 0 Å². The van der Waals surface area contributed by atoms with Gasteiger partial charge in [0.2, 0.25) is 0 Å². The molecule has 2 aromatic carbocycles. The van der Waals surface area contributed by atoms with Gasteiger partial charge in [-0.15, -0.1) is 0 Å². The second-order valence-electron chi connectivity index (χ2n) is 5.86. The Balaban J connectivity index is 1.81. The molecule has 8 heteroatoms. The second kappa shape index (κ2) is 9.29. The summed E-state index contributed by atoms with van der Waals surface area (Å²) in [4.78, 5) is 29.6. The third-order valence-electron chi connectivity index (χ3n) is 4.20. The number of carbonyl (C=O) groups excluding carboxylic acids is 1. The van der Waals surface area contributed by atoms with Gasteiger partial charge >= 0.3 is 0 Å². The van der Waals surface area contributed by atoms with Gasteiger partial charge in [-0.3, -0.25) is 14.2 Å². The van der Waals surface area contributed by atoms with E-state index in [0.29, 0.717) is 28.5 Å². The summed E-state index contributed by atoms with van der Waals surface area (Å²) in [6.07, 6.45) is 3.09. The summed E-state index contributed by atoms with van der Waals surface area (Å²) in [5.41, 5.74) is 0.758. The Labute approximate surface area is 172 Å². The highest BCUT2D eigenvalue weighted by Crippen LogP contribution is 2.28. The van der Waals surface area contributed by atoms with Crippen molar-refractivity contribution in [1.29, 1.82) is 0 Å². The fourth-order valence-electron chi connectivity index (χ4n) is 2.74. The highest BCUT2D eigenvalue weighted by atomic mass is 32.2. The number of ether oxygens (including phenoxy) is 3. The van der Waals surface area contributed by atoms with Crippen LogP contribution >= 0.6 is 11.8 Å². The van der Waals surface area contributed by atoms with Crippen LogP contribution in [-0.4, -0.2) is 42.4 Å². The maximum Gasteiger partial charge on any atom is 0.287 e. The van der Waals surface area contributed by atoms with Crippen LogP contribution in [0.3, 0.4) is 0 Å². The Bertz CT molecular complexity index is 1080. The Hall–Kier alpha value is -3.26. The van der Waals surface area contributed by atoms with Gasteiger partial charge in [0.15, 0.2) is 22.3 Å². The zero-order chi connectivity index (χ0) is 20.8. The largest absolute Gasteiger partial charge is 0.495 e. The standard InChI is InChI=1S/C21H20N2O5S/c1-26-17-7-5-4-6-15(17)23-11-10-22-20(21(23)25)29-13-16(24)14-8-9-18(27-2)19(12-14)28-3/h4-12H,13H2,1-3H3. The molecule has 0 atom stereocenters. The number of ketones is 1. The van der Waals surface area contributed by atoms with E-state index in [9.17, 15) is 9.59 Å². The van der Waals surface area contributed by atoms with Crippen molar-refractivity contribution in [3.63, 3.8) is 0 Å². The van der Waals surface area contributed by atoms with E-state index in [2.05, 4.69) is 4.98 Å². The Morgan fingerprint density at radius 2 is 1.72 bits per heavy atom. The number of benzene rings is 2. The van der Waals surface area contributed by atoms with E-state index in [-0.39, 0.29) is 22.1 Å². The minimum Gasteiger partial charge on any atom is -0.495 e. The number of aromatic nitrogens is 2. The number of rotatable bonds is 8. The normalized spacial score (nSPS) is 10.4. The van der Waals surface area contributed by atoms with Gasteiger partial charge < -0.3 is 14.2 Å². The quantitative estimate of drug-likeness (QED) is 0.415. The SMILES string of the molecule is COc1ccc(C(=O)CSc2nccn(-c3ccccc3OC)c2=O)cc1OC. The number of nitrogens with zero attached hydrogens (tertiary/aromatic N) is 2. The predicted octanol–water partition coefficient (Wildman–Crippen LogP) is 3.23. The molecule has 0 bridgehead atoms. The molecule has 0 aliphatic rings. The van der Waals surface area contributed by atoms with Gasteiger partial charge in [0.25, 0.3) is 5.56 Å². The Morgan fingerprint density at radius 3 is 2.45 bits per heavy atom. The molecule has 0 aliphatic carbocycles. The van der Waals surface area contributed by atoms with E-state index in [1.807, 2.05) is 12.1 Å². The molecule has 3 rings (SSSR count). The van der Waals surface area contributed by atoms with Gasteiger partial charge in [0.1, 0.15) is 5.75 Å². The molecular weight excluding hydrogens is 392 g/mol. The maximum absolute atomic E-state index is 12.8. The van der Waals surface area contributed by atoms with Crippen LogP contribution in [0, 0.1) is 0 Å². The molecule has 0 amide bonds. The van der Waals surface area contributed by atoms with Gasteiger partial charge in [0.05, 0.1) is 32.8 Å². The maximum atomic E-state index is 12.8. The monoisotopic (exact) mass is 412 g/mol. The number of carbonyl (C=O) groups is 1. The van der Waals surface area contributed by atoms with Gasteiger partial charge in [-0.05, 0) is 30.3 Å². The van der Waals surface area contributed by atoms with Gasteiger partial charge in [-0.1, -0.05) is 23.9 Å². The number of hydrogen-bond donors (Lipinski definition) is 0. The zero-order valence-corrected chi connectivity index (χ0v) is 17.1. The van der Waals surface area contributed by atoms with E-state index in [1.54, 1.807) is 43.6 Å². The van der Waals surface area contributed by atoms with E-state index in [4.69, 9.17) is 14.2 Å². The van der Waals surface area contributed by atoms with Crippen molar-refractivity contribution < 1.29 is 19.0 Å². The first-order valence-corrected chi connectivity index (χ1v) is 9.66. The third kappa shape index (κ3) is 4.43. The molecule has 0 aliphatic heterocycles. The fourth-order valence-corrected chi connectivity index (χ4v) is 3.53. The number of methoxy groups -OCH3 is 3. The minimum atomic E-state index is -0.317. The first-order chi connectivity index (χ1) is 14.1. The molecule has 0 radical (unpaired) electrons. The first kappa shape index (κ1) is 20.5. The van der Waals surface area contributed by atoms with E-state index in [1.165, 1.54) is 25.0 Å². The van der Waals surface area contributed by atoms with Crippen molar-refractivity contribution >= 4 is 17.5 Å². The highest BCUT2D eigenvalue weighted by molar-refractivity contribution is 7.99. The molecule has 7 nitrogen and oxygen atoms in total. The summed E-state index contributed by atoms with van der Waals surface area (Å²) < 4.78 is 17.2. The van der Waals surface area contributed by atoms with Gasteiger partial charge in [-0.25, -0.2) is 4.98 Å². The van der Waals surface area contributed by atoms with Crippen LogP contribution in [0.1, 0.15) is 10.4 Å². The summed E-state index contributed by atoms with van der Waals surface area (Å²) >= 11 is 1.09. The third-order valence-corrected chi connectivity index (χ3v) is 5.16. The summed E-state index contributed by atoms with van der Waals surface area (Å²) in [6.45, 7) is 0. The highest BCUT2D eigenvalue weighted by Gasteiger charge is 2.15. The van der Waals surface area contributed by atoms with Crippen LogP contribution in [0.5, 0.6) is 17.2 Å². The topological polar surface area (TPSA) is 79.6 Å². The molecule has 29 heavy (non-hydrogen) atoms. The average Bonchev–Trinajstić information content (AvgIpc) is 2.77. The molecule has 0 saturated heterocycles. The van der Waals surface area contributed by atoms with Crippen molar-refractivity contribution in [1.82, 2.24) is 9.55 Å². The number of hydrogen-bond acceptors (Lipinski definition) is 7. The molecular formula is C21H20N2O5S. The van der Waals surface area contributed by atoms with Gasteiger partial charge in [-0.2, -0.15) is 0 Å². The van der Waals surface area contributed by atoms with Crippen LogP contribution in [0.4, 0.5) is 0 Å². The van der Waals surface area contributed by atoms with Crippen LogP contribution in [0.15, 0.2) is 64.7 Å². The summed E-state index contributed by atoms with van der Waals surface area (Å²) in [5, 5.41) is 0.229. The molecule has 1 heterocycles. The lowest BCUT2D eigenvalue weighted by molar-refractivity contribution is 0.102. The van der Waals surface area contributed by atoms with Crippen molar-refractivity contribution in [2.45, 2.75) is 5.03 Å². The lowest BCUT2D eigenvalue weighted by atomic mass is 10.1. The number of Topliss-reactive ketones (excluding diaryl/α,β-unsaturated/α-hetero) is 1. The molecule has 1 aromatic heterocycles. The van der Waals surface area contributed by atoms with Crippen molar-refractivity contribution in [3.05, 3.63) is 70.8 Å². The predicted molar refractivity (Wildman–Crippen MR) is 111 cm³/mol. The van der Waals surface area contributed by atoms with Gasteiger partial charge in [0, 0.05) is 18.0 Å². The molecule has 0 unspecified atom stereocenters. The number of thioether (sulfide) groups is 1. The lowest BCUT2D eigenvalue weighted by Crippen LogP contribution is -2.21. The number of para-hydroxylation sites is 2. The Morgan fingerprint density at radius 1 is 1.00 bits per heavy atom. The summed E-state index contributed by atoms with van der Waals surface area (Å²) in [7, 11) is 4.58. The second-order valence-corrected chi connectivity index (χ2v) is 6.83. The van der Waals surface area contributed by atoms with Crippen molar-refractivity contribution in [3.8, 4) is 22.9 Å². The fraction of sp³-hybridized carbons (Fsp3) is 0.190. The zero-order valence-electron chi connectivity index (χ0n) is 16.2. The molecule has 3 aromatic rings. The van der Waals surface area contributed by atoms with E-state index >= 15 is 0 Å². The van der Waals surface area contributed by atoms with E-state index < -0.39 is 0 Å². The Kier molecular flexibility index (Phi) is 6.56. The molecule has 0 N–H and O–H groups in total. The summed E-state index contributed by atoms with van der Waals surface area (Å²) in [6, 6.07) is 12.2.